The molecule has 1 nitrogen and oxygen atoms in total. The van der Waals surface area contributed by atoms with Crippen LogP contribution in [0.15, 0.2) is 91.0 Å². The predicted octanol–water partition coefficient (Wildman–Crippen LogP) is 6.76. The summed E-state index contributed by atoms with van der Waals surface area (Å²) in [5, 5.41) is 2.59. The van der Waals surface area contributed by atoms with Gasteiger partial charge in [-0.1, -0.05) is 72.8 Å². The highest BCUT2D eigenvalue weighted by Crippen LogP contribution is 2.34. The molecule has 4 rings (SSSR count). The Morgan fingerprint density at radius 1 is 0.760 bits per heavy atom. The Hall–Kier alpha value is -3.06. The van der Waals surface area contributed by atoms with Crippen molar-refractivity contribution in [1.29, 1.82) is 0 Å². The first-order chi connectivity index (χ1) is 12.3. The van der Waals surface area contributed by atoms with E-state index < -0.39 is 0 Å². The van der Waals surface area contributed by atoms with E-state index in [0.717, 1.165) is 0 Å². The van der Waals surface area contributed by atoms with Gasteiger partial charge in [-0.3, -0.25) is 0 Å². The topological polar surface area (TPSA) is 4.93 Å². The summed E-state index contributed by atoms with van der Waals surface area (Å²) in [5.74, 6) is 0. The molecule has 0 unspecified atom stereocenters. The van der Waals surface area contributed by atoms with E-state index in [2.05, 4.69) is 103 Å². The molecule has 0 spiro atoms. The van der Waals surface area contributed by atoms with E-state index in [9.17, 15) is 0 Å². The van der Waals surface area contributed by atoms with Crippen molar-refractivity contribution in [2.45, 2.75) is 13.8 Å². The molecule has 0 aliphatic heterocycles. The molecule has 1 aromatic heterocycles. The van der Waals surface area contributed by atoms with Gasteiger partial charge >= 0.3 is 0 Å². The number of fused-ring (bicyclic) bond motifs is 3. The lowest BCUT2D eigenvalue weighted by Gasteiger charge is -2.14. The first kappa shape index (κ1) is 15.5. The maximum absolute atomic E-state index is 2.38. The summed E-state index contributed by atoms with van der Waals surface area (Å²) < 4.78 is 2.38. The number of aromatic nitrogens is 1. The van der Waals surface area contributed by atoms with Crippen LogP contribution in [0.25, 0.3) is 33.1 Å². The molecule has 0 amide bonds. The molecule has 0 atom stereocenters. The van der Waals surface area contributed by atoms with Crippen LogP contribution in [0, 0.1) is 0 Å². The summed E-state index contributed by atoms with van der Waals surface area (Å²) >= 11 is 0. The first-order valence-corrected chi connectivity index (χ1v) is 8.69. The molecule has 0 radical (unpaired) electrons. The van der Waals surface area contributed by atoms with Crippen LogP contribution in [0.3, 0.4) is 0 Å². The van der Waals surface area contributed by atoms with Crippen molar-refractivity contribution >= 4 is 27.4 Å². The summed E-state index contributed by atoms with van der Waals surface area (Å²) in [6.45, 7) is 4.22. The van der Waals surface area contributed by atoms with Gasteiger partial charge < -0.3 is 4.57 Å². The smallest absolute Gasteiger partial charge is 0.0541 e. The maximum atomic E-state index is 2.38. The second-order valence-electron chi connectivity index (χ2n) is 6.26. The molecule has 3 aromatic carbocycles. The van der Waals surface area contributed by atoms with Crippen molar-refractivity contribution in [2.75, 3.05) is 0 Å². The van der Waals surface area contributed by atoms with Crippen molar-refractivity contribution in [2.24, 2.45) is 0 Å². The zero-order valence-electron chi connectivity index (χ0n) is 14.6. The van der Waals surface area contributed by atoms with Gasteiger partial charge in [-0.25, -0.2) is 0 Å². The molecule has 122 valence electrons. The molecule has 1 heterocycles. The molecule has 0 N–H and O–H groups in total. The van der Waals surface area contributed by atoms with Crippen molar-refractivity contribution in [3.63, 3.8) is 0 Å². The van der Waals surface area contributed by atoms with Crippen molar-refractivity contribution < 1.29 is 0 Å². The lowest BCUT2D eigenvalue weighted by Crippen LogP contribution is -1.98. The summed E-state index contributed by atoms with van der Waals surface area (Å²) in [7, 11) is 0. The van der Waals surface area contributed by atoms with Gasteiger partial charge in [0.05, 0.1) is 16.7 Å². The molecule has 0 saturated carbocycles. The third-order valence-corrected chi connectivity index (χ3v) is 4.69. The van der Waals surface area contributed by atoms with Gasteiger partial charge in [-0.2, -0.15) is 0 Å². The molecule has 4 aromatic rings. The fourth-order valence-corrected chi connectivity index (χ4v) is 3.51. The Kier molecular flexibility index (Phi) is 3.99. The van der Waals surface area contributed by atoms with Gasteiger partial charge in [0.25, 0.3) is 0 Å². The number of hydrogen-bond donors (Lipinski definition) is 0. The Balaban J connectivity index is 2.09. The van der Waals surface area contributed by atoms with Crippen molar-refractivity contribution in [3.8, 4) is 5.69 Å². The van der Waals surface area contributed by atoms with Gasteiger partial charge in [0.1, 0.15) is 0 Å². The third-order valence-electron chi connectivity index (χ3n) is 4.69. The van der Waals surface area contributed by atoms with E-state index in [4.69, 9.17) is 0 Å². The average Bonchev–Trinajstić information content (AvgIpc) is 3.00. The Morgan fingerprint density at radius 2 is 1.32 bits per heavy atom. The van der Waals surface area contributed by atoms with Crippen LogP contribution >= 0.6 is 0 Å². The Morgan fingerprint density at radius 3 is 1.96 bits per heavy atom. The summed E-state index contributed by atoms with van der Waals surface area (Å²) in [5.41, 5.74) is 6.23. The van der Waals surface area contributed by atoms with E-state index in [1.807, 2.05) is 6.92 Å². The number of allylic oxidation sites excluding steroid dienone is 4. The van der Waals surface area contributed by atoms with Gasteiger partial charge in [0, 0.05) is 16.3 Å². The molecule has 25 heavy (non-hydrogen) atoms. The zero-order valence-corrected chi connectivity index (χ0v) is 14.6. The van der Waals surface area contributed by atoms with Gasteiger partial charge in [-0.05, 0) is 37.6 Å². The third kappa shape index (κ3) is 2.58. The van der Waals surface area contributed by atoms with Crippen molar-refractivity contribution in [1.82, 2.24) is 4.57 Å². The number of para-hydroxylation sites is 3. The van der Waals surface area contributed by atoms with Crippen LogP contribution in [-0.4, -0.2) is 4.57 Å². The summed E-state index contributed by atoms with van der Waals surface area (Å²) in [4.78, 5) is 0. The number of hydrogen-bond acceptors (Lipinski definition) is 0. The lowest BCUT2D eigenvalue weighted by molar-refractivity contribution is 1.17. The number of benzene rings is 3. The monoisotopic (exact) mass is 323 g/mol. The van der Waals surface area contributed by atoms with E-state index >= 15 is 0 Å². The zero-order chi connectivity index (χ0) is 17.2. The van der Waals surface area contributed by atoms with Gasteiger partial charge in [0.2, 0.25) is 0 Å². The molecule has 0 saturated heterocycles. The molecular formula is C24H21N. The number of nitrogens with zero attached hydrogens (tertiary/aromatic N) is 1. The minimum Gasteiger partial charge on any atom is -0.309 e. The van der Waals surface area contributed by atoms with E-state index in [1.54, 1.807) is 0 Å². The fourth-order valence-electron chi connectivity index (χ4n) is 3.51. The van der Waals surface area contributed by atoms with E-state index in [-0.39, 0.29) is 0 Å². The second kappa shape index (κ2) is 6.45. The van der Waals surface area contributed by atoms with E-state index in [0.29, 0.717) is 0 Å². The summed E-state index contributed by atoms with van der Waals surface area (Å²) in [6.07, 6.45) is 6.33. The lowest BCUT2D eigenvalue weighted by atomic mass is 10.0. The van der Waals surface area contributed by atoms with Crippen LogP contribution in [-0.2, 0) is 0 Å². The largest absolute Gasteiger partial charge is 0.309 e. The predicted molar refractivity (Wildman–Crippen MR) is 109 cm³/mol. The molecule has 1 heteroatoms. The minimum atomic E-state index is 1.22. The minimum absolute atomic E-state index is 1.22. The van der Waals surface area contributed by atoms with Crippen LogP contribution < -0.4 is 0 Å². The summed E-state index contributed by atoms with van der Waals surface area (Å²) in [6, 6.07) is 25.9. The molecule has 0 bridgehead atoms. The van der Waals surface area contributed by atoms with Crippen LogP contribution in [0.4, 0.5) is 0 Å². The standard InChI is InChI=1S/C24H21N/c1-3-4-11-18(2)19-12-5-8-15-22(19)25-23-16-9-6-13-20(23)21-14-7-10-17-24(21)25/h3-17H,1-2H3/b4-3-,18-11+. The van der Waals surface area contributed by atoms with Crippen LogP contribution in [0.2, 0.25) is 0 Å². The van der Waals surface area contributed by atoms with Crippen LogP contribution in [0.1, 0.15) is 19.4 Å². The molecular weight excluding hydrogens is 302 g/mol. The highest BCUT2D eigenvalue weighted by Gasteiger charge is 2.14. The second-order valence-corrected chi connectivity index (χ2v) is 6.26. The fraction of sp³-hybridized carbons (Fsp3) is 0.0833. The van der Waals surface area contributed by atoms with Crippen LogP contribution in [0.5, 0.6) is 0 Å². The highest BCUT2D eigenvalue weighted by atomic mass is 15.0. The van der Waals surface area contributed by atoms with E-state index in [1.165, 1.54) is 38.6 Å². The first-order valence-electron chi connectivity index (χ1n) is 8.69. The average molecular weight is 323 g/mol. The quantitative estimate of drug-likeness (QED) is 0.367. The Labute approximate surface area is 148 Å². The highest BCUT2D eigenvalue weighted by molar-refractivity contribution is 6.09. The van der Waals surface area contributed by atoms with Crippen molar-refractivity contribution in [3.05, 3.63) is 96.6 Å². The number of rotatable bonds is 3. The normalized spacial score (nSPS) is 12.5. The van der Waals surface area contributed by atoms with Gasteiger partial charge in [0.15, 0.2) is 0 Å². The molecule has 0 fully saturated rings. The maximum Gasteiger partial charge on any atom is 0.0541 e. The van der Waals surface area contributed by atoms with Gasteiger partial charge in [-0.15, -0.1) is 0 Å². The SMILES string of the molecule is C/C=C\C=C(/C)c1ccccc1-n1c2ccccc2c2ccccc21. The Bertz CT molecular complexity index is 1060. The molecule has 0 aliphatic rings. The molecule has 0 aliphatic carbocycles.